The molecule has 0 unspecified atom stereocenters. The summed E-state index contributed by atoms with van der Waals surface area (Å²) < 4.78 is 0.202. The lowest BCUT2D eigenvalue weighted by atomic mass is 10.1. The number of benzene rings is 2. The molecule has 1 amide bonds. The third-order valence-corrected chi connectivity index (χ3v) is 4.03. The maximum absolute atomic E-state index is 12.4. The summed E-state index contributed by atoms with van der Waals surface area (Å²) in [4.78, 5) is 12.4. The minimum Gasteiger partial charge on any atom is -1.00 e. The molecule has 0 aliphatic heterocycles. The molecule has 0 saturated carbocycles. The van der Waals surface area contributed by atoms with Crippen LogP contribution in [0.15, 0.2) is 54.6 Å². The summed E-state index contributed by atoms with van der Waals surface area (Å²) in [6.45, 7) is 0.545. The van der Waals surface area contributed by atoms with Crippen molar-refractivity contribution in [3.8, 4) is 0 Å². The number of likely N-dealkylation sites (N-methyl/N-ethyl adjacent to an activating group) is 1. The van der Waals surface area contributed by atoms with Crippen molar-refractivity contribution in [2.24, 2.45) is 0 Å². The highest BCUT2D eigenvalue weighted by Crippen LogP contribution is 2.20. The van der Waals surface area contributed by atoms with Crippen LogP contribution in [-0.2, 0) is 11.3 Å². The second-order valence-corrected chi connectivity index (χ2v) is 6.50. The number of hydrogen-bond donors (Lipinski definition) is 0. The molecule has 122 valence electrons. The van der Waals surface area contributed by atoms with E-state index in [2.05, 4.69) is 0 Å². The maximum Gasteiger partial charge on any atom is 0.338 e. The van der Waals surface area contributed by atoms with Crippen LogP contribution in [0, 0.1) is 0 Å². The SMILES string of the molecule is C[N+](C)(Cc1ccccc1Cl)C(=O)/C=C/c1ccc(Cl)cc1.[Cl-]. The van der Waals surface area contributed by atoms with Crippen LogP contribution in [0.25, 0.3) is 6.08 Å². The zero-order valence-corrected chi connectivity index (χ0v) is 15.2. The van der Waals surface area contributed by atoms with E-state index in [1.165, 1.54) is 0 Å². The Morgan fingerprint density at radius 3 is 2.26 bits per heavy atom. The van der Waals surface area contributed by atoms with Gasteiger partial charge in [0, 0.05) is 21.7 Å². The molecule has 2 aromatic rings. The average molecular weight is 371 g/mol. The average Bonchev–Trinajstić information content (AvgIpc) is 2.48. The molecule has 0 spiro atoms. The van der Waals surface area contributed by atoms with Crippen molar-refractivity contribution in [3.05, 3.63) is 75.8 Å². The summed E-state index contributed by atoms with van der Waals surface area (Å²) in [7, 11) is 3.75. The summed E-state index contributed by atoms with van der Waals surface area (Å²) in [6.07, 6.45) is 3.39. The summed E-state index contributed by atoms with van der Waals surface area (Å²) in [5, 5.41) is 1.36. The van der Waals surface area contributed by atoms with Crippen LogP contribution >= 0.6 is 23.2 Å². The fraction of sp³-hybridized carbons (Fsp3) is 0.167. The summed E-state index contributed by atoms with van der Waals surface area (Å²) in [6, 6.07) is 14.9. The quantitative estimate of drug-likeness (QED) is 0.593. The van der Waals surface area contributed by atoms with Crippen molar-refractivity contribution < 1.29 is 21.7 Å². The van der Waals surface area contributed by atoms with Gasteiger partial charge in [-0.15, -0.1) is 0 Å². The number of halogens is 3. The van der Waals surface area contributed by atoms with Crippen LogP contribution in [-0.4, -0.2) is 24.5 Å². The highest BCUT2D eigenvalue weighted by molar-refractivity contribution is 6.31. The Bertz CT molecular complexity index is 694. The van der Waals surface area contributed by atoms with Gasteiger partial charge in [-0.1, -0.05) is 53.5 Å². The highest BCUT2D eigenvalue weighted by Gasteiger charge is 2.25. The van der Waals surface area contributed by atoms with Crippen molar-refractivity contribution >= 4 is 35.2 Å². The van der Waals surface area contributed by atoms with Gasteiger partial charge in [0.15, 0.2) is 0 Å². The normalized spacial score (nSPS) is 11.3. The van der Waals surface area contributed by atoms with Gasteiger partial charge >= 0.3 is 5.91 Å². The Hall–Kier alpha value is -1.32. The fourth-order valence-corrected chi connectivity index (χ4v) is 2.40. The number of quaternary nitrogens is 1. The second-order valence-electron chi connectivity index (χ2n) is 5.66. The first-order chi connectivity index (χ1) is 10.4. The number of carbonyl (C=O) groups excluding carboxylic acids is 1. The molecule has 0 saturated heterocycles. The predicted molar refractivity (Wildman–Crippen MR) is 92.8 cm³/mol. The molecule has 0 aromatic heterocycles. The lowest BCUT2D eigenvalue weighted by Gasteiger charge is -2.25. The highest BCUT2D eigenvalue weighted by atomic mass is 35.5. The molecule has 0 radical (unpaired) electrons. The van der Waals surface area contributed by atoms with Gasteiger partial charge in [-0.25, -0.2) is 4.79 Å². The van der Waals surface area contributed by atoms with Gasteiger partial charge in [0.1, 0.15) is 6.54 Å². The first-order valence-electron chi connectivity index (χ1n) is 6.93. The van der Waals surface area contributed by atoms with Gasteiger partial charge < -0.3 is 12.4 Å². The zero-order valence-electron chi connectivity index (χ0n) is 13.0. The number of nitrogens with zero attached hydrogens (tertiary/aromatic N) is 1. The molecular formula is C18H18Cl3NO. The Morgan fingerprint density at radius 2 is 1.65 bits per heavy atom. The van der Waals surface area contributed by atoms with E-state index in [-0.39, 0.29) is 22.8 Å². The second kappa shape index (κ2) is 8.51. The maximum atomic E-state index is 12.4. The van der Waals surface area contributed by atoms with Crippen molar-refractivity contribution in [3.63, 3.8) is 0 Å². The fourth-order valence-electron chi connectivity index (χ4n) is 2.07. The van der Waals surface area contributed by atoms with E-state index in [1.807, 2.05) is 50.5 Å². The molecule has 5 heteroatoms. The van der Waals surface area contributed by atoms with E-state index in [0.717, 1.165) is 11.1 Å². The van der Waals surface area contributed by atoms with E-state index in [4.69, 9.17) is 23.2 Å². The van der Waals surface area contributed by atoms with E-state index >= 15 is 0 Å². The number of rotatable bonds is 4. The van der Waals surface area contributed by atoms with Gasteiger partial charge in [0.2, 0.25) is 0 Å². The molecule has 0 bridgehead atoms. The molecule has 2 rings (SSSR count). The summed E-state index contributed by atoms with van der Waals surface area (Å²) in [5.41, 5.74) is 1.90. The molecule has 0 atom stereocenters. The standard InChI is InChI=1S/C18H18Cl2NO.ClH/c1-21(2,13-15-5-3-4-6-17(15)20)18(22)12-9-14-7-10-16(19)11-8-14;/h3-12H,13H2,1-2H3;1H/q+1;/p-1/b12-9+;. The monoisotopic (exact) mass is 369 g/mol. The Morgan fingerprint density at radius 1 is 1.04 bits per heavy atom. The third kappa shape index (κ3) is 5.67. The van der Waals surface area contributed by atoms with Crippen LogP contribution in [0.3, 0.4) is 0 Å². The first-order valence-corrected chi connectivity index (χ1v) is 7.69. The minimum absolute atomic E-state index is 0. The van der Waals surface area contributed by atoms with Crippen molar-refractivity contribution in [2.45, 2.75) is 6.54 Å². The van der Waals surface area contributed by atoms with E-state index in [9.17, 15) is 4.79 Å². The van der Waals surface area contributed by atoms with Crippen LogP contribution in [0.5, 0.6) is 0 Å². The Balaban J connectivity index is 0.00000264. The van der Waals surface area contributed by atoms with Crippen molar-refractivity contribution in [1.29, 1.82) is 0 Å². The predicted octanol–water partition coefficient (Wildman–Crippen LogP) is 1.81. The smallest absolute Gasteiger partial charge is 0.338 e. The van der Waals surface area contributed by atoms with Crippen LogP contribution < -0.4 is 12.4 Å². The zero-order chi connectivity index (χ0) is 16.2. The molecule has 0 heterocycles. The summed E-state index contributed by atoms with van der Waals surface area (Å²) in [5.74, 6) is 0.00914. The molecule has 2 aromatic carbocycles. The topological polar surface area (TPSA) is 17.1 Å². The number of amides is 1. The van der Waals surface area contributed by atoms with Crippen LogP contribution in [0.2, 0.25) is 10.0 Å². The lowest BCUT2D eigenvalue weighted by Crippen LogP contribution is -3.00. The van der Waals surface area contributed by atoms with Crippen molar-refractivity contribution in [2.75, 3.05) is 14.1 Å². The molecule has 0 aliphatic carbocycles. The van der Waals surface area contributed by atoms with Crippen LogP contribution in [0.4, 0.5) is 0 Å². The third-order valence-electron chi connectivity index (χ3n) is 3.41. The van der Waals surface area contributed by atoms with Crippen molar-refractivity contribution in [1.82, 2.24) is 0 Å². The largest absolute Gasteiger partial charge is 1.00 e. The molecule has 0 N–H and O–H groups in total. The first kappa shape index (κ1) is 19.7. The molecule has 2 nitrogen and oxygen atoms in total. The van der Waals surface area contributed by atoms with Gasteiger partial charge in [0.25, 0.3) is 0 Å². The van der Waals surface area contributed by atoms with Crippen LogP contribution in [0.1, 0.15) is 11.1 Å². The molecule has 0 fully saturated rings. The van der Waals surface area contributed by atoms with Gasteiger partial charge in [0.05, 0.1) is 14.1 Å². The van der Waals surface area contributed by atoms with Gasteiger partial charge in [-0.3, -0.25) is 4.48 Å². The minimum atomic E-state index is 0. The van der Waals surface area contributed by atoms with E-state index in [1.54, 1.807) is 24.3 Å². The Kier molecular flexibility index (Phi) is 7.30. The molecule has 23 heavy (non-hydrogen) atoms. The molecular weight excluding hydrogens is 353 g/mol. The number of carbonyl (C=O) groups is 1. The van der Waals surface area contributed by atoms with E-state index < -0.39 is 0 Å². The van der Waals surface area contributed by atoms with Gasteiger partial charge in [-0.05, 0) is 29.8 Å². The van der Waals surface area contributed by atoms with E-state index in [0.29, 0.717) is 16.6 Å². The Labute approximate surface area is 153 Å². The number of hydrogen-bond acceptors (Lipinski definition) is 1. The lowest BCUT2D eigenvalue weighted by molar-refractivity contribution is -0.825. The summed E-state index contributed by atoms with van der Waals surface area (Å²) >= 11 is 12.0. The van der Waals surface area contributed by atoms with Gasteiger partial charge in [-0.2, -0.15) is 0 Å². The molecule has 0 aliphatic rings.